The van der Waals surface area contributed by atoms with Crippen LogP contribution in [0.5, 0.6) is 5.75 Å². The Hall–Kier alpha value is -2.55. The molecule has 0 N–H and O–H groups in total. The molecule has 118 valence electrons. The van der Waals surface area contributed by atoms with Crippen molar-refractivity contribution < 1.29 is 13.9 Å². The van der Waals surface area contributed by atoms with E-state index in [0.717, 1.165) is 46.4 Å². The number of furan rings is 1. The van der Waals surface area contributed by atoms with E-state index >= 15 is 0 Å². The number of para-hydroxylation sites is 1. The maximum atomic E-state index is 12.8. The Kier molecular flexibility index (Phi) is 4.47. The molecule has 0 amide bonds. The molecule has 3 heteroatoms. The molecule has 3 nitrogen and oxygen atoms in total. The molecule has 0 fully saturated rings. The third-order valence-electron chi connectivity index (χ3n) is 3.95. The van der Waals surface area contributed by atoms with Crippen molar-refractivity contribution in [2.24, 2.45) is 0 Å². The molecule has 0 aliphatic heterocycles. The van der Waals surface area contributed by atoms with Crippen molar-refractivity contribution in [3.8, 4) is 5.75 Å². The van der Waals surface area contributed by atoms with Gasteiger partial charge in [0.2, 0.25) is 0 Å². The lowest BCUT2D eigenvalue weighted by Crippen LogP contribution is -2.05. The number of aryl methyl sites for hydroxylation is 1. The van der Waals surface area contributed by atoms with Crippen LogP contribution in [0.15, 0.2) is 52.9 Å². The number of carbonyl (C=O) groups is 1. The van der Waals surface area contributed by atoms with E-state index in [2.05, 4.69) is 6.92 Å². The number of ketones is 1. The second-order valence-corrected chi connectivity index (χ2v) is 5.59. The van der Waals surface area contributed by atoms with Gasteiger partial charge in [0.15, 0.2) is 5.78 Å². The smallest absolute Gasteiger partial charge is 0.171 e. The van der Waals surface area contributed by atoms with Gasteiger partial charge in [-0.05, 0) is 30.2 Å². The second-order valence-electron chi connectivity index (χ2n) is 5.59. The molecule has 23 heavy (non-hydrogen) atoms. The van der Waals surface area contributed by atoms with Crippen LogP contribution < -0.4 is 4.74 Å². The number of benzene rings is 2. The first-order valence-corrected chi connectivity index (χ1v) is 7.89. The zero-order chi connectivity index (χ0) is 16.2. The molecule has 0 saturated carbocycles. The predicted molar refractivity (Wildman–Crippen MR) is 91.2 cm³/mol. The lowest BCUT2D eigenvalue weighted by molar-refractivity contribution is 0.0992. The summed E-state index contributed by atoms with van der Waals surface area (Å²) in [7, 11) is 1.63. The fourth-order valence-electron chi connectivity index (χ4n) is 2.82. The van der Waals surface area contributed by atoms with Gasteiger partial charge in [-0.15, -0.1) is 0 Å². The Labute approximate surface area is 135 Å². The van der Waals surface area contributed by atoms with Crippen LogP contribution in [0.4, 0.5) is 0 Å². The summed E-state index contributed by atoms with van der Waals surface area (Å²) in [6.45, 7) is 2.09. The summed E-state index contributed by atoms with van der Waals surface area (Å²) in [6, 6.07) is 15.4. The van der Waals surface area contributed by atoms with Crippen molar-refractivity contribution >= 4 is 16.8 Å². The van der Waals surface area contributed by atoms with Gasteiger partial charge in [-0.25, -0.2) is 0 Å². The minimum atomic E-state index is 0.101. The average Bonchev–Trinajstić information content (AvgIpc) is 2.94. The summed E-state index contributed by atoms with van der Waals surface area (Å²) in [4.78, 5) is 12.8. The van der Waals surface area contributed by atoms with Gasteiger partial charge < -0.3 is 9.15 Å². The molecule has 1 heterocycles. The first-order chi connectivity index (χ1) is 11.2. The second kappa shape index (κ2) is 6.69. The van der Waals surface area contributed by atoms with Crippen LogP contribution in [0.2, 0.25) is 0 Å². The fraction of sp³-hybridized carbons (Fsp3) is 0.250. The summed E-state index contributed by atoms with van der Waals surface area (Å²) in [6.07, 6.45) is 2.09. The van der Waals surface area contributed by atoms with Crippen molar-refractivity contribution in [1.29, 1.82) is 0 Å². The van der Waals surface area contributed by atoms with Crippen LogP contribution in [-0.4, -0.2) is 12.9 Å². The van der Waals surface area contributed by atoms with Crippen molar-refractivity contribution in [3.63, 3.8) is 0 Å². The monoisotopic (exact) mass is 308 g/mol. The molecule has 0 spiro atoms. The largest absolute Gasteiger partial charge is 0.497 e. The van der Waals surface area contributed by atoms with E-state index in [1.54, 1.807) is 7.11 Å². The highest BCUT2D eigenvalue weighted by Crippen LogP contribution is 2.28. The van der Waals surface area contributed by atoms with E-state index in [1.807, 2.05) is 48.5 Å². The highest BCUT2D eigenvalue weighted by molar-refractivity contribution is 6.09. The fourth-order valence-corrected chi connectivity index (χ4v) is 2.82. The topological polar surface area (TPSA) is 39.4 Å². The van der Waals surface area contributed by atoms with Crippen molar-refractivity contribution in [3.05, 3.63) is 65.4 Å². The van der Waals surface area contributed by atoms with Crippen LogP contribution in [0.3, 0.4) is 0 Å². The Bertz CT molecular complexity index is 813. The van der Waals surface area contributed by atoms with E-state index in [0.29, 0.717) is 6.42 Å². The van der Waals surface area contributed by atoms with Crippen LogP contribution in [0, 0.1) is 0 Å². The number of carbonyl (C=O) groups excluding carboxylic acids is 1. The number of Topliss-reactive ketones (excluding diaryl/α,β-unsaturated/α-hetero) is 1. The molecular weight excluding hydrogens is 288 g/mol. The summed E-state index contributed by atoms with van der Waals surface area (Å²) in [5.74, 6) is 1.69. The Balaban J connectivity index is 1.94. The molecule has 3 aromatic rings. The first kappa shape index (κ1) is 15.3. The summed E-state index contributed by atoms with van der Waals surface area (Å²) in [5, 5.41) is 0.912. The van der Waals surface area contributed by atoms with Gasteiger partial charge in [-0.2, -0.15) is 0 Å². The number of fused-ring (bicyclic) bond motifs is 1. The first-order valence-electron chi connectivity index (χ1n) is 7.89. The minimum Gasteiger partial charge on any atom is -0.497 e. The van der Waals surface area contributed by atoms with E-state index < -0.39 is 0 Å². The summed E-state index contributed by atoms with van der Waals surface area (Å²) < 4.78 is 11.0. The highest BCUT2D eigenvalue weighted by Gasteiger charge is 2.20. The standard InChI is InChI=1S/C20H20O3/c1-3-6-19-20(16-7-4-5-8-18(16)23-19)17(21)13-14-9-11-15(22-2)12-10-14/h4-5,7-12H,3,6,13H2,1-2H3. The molecule has 3 rings (SSSR count). The molecule has 0 aliphatic carbocycles. The van der Waals surface area contributed by atoms with E-state index in [9.17, 15) is 4.79 Å². The Morgan fingerprint density at radius 1 is 1.09 bits per heavy atom. The van der Waals surface area contributed by atoms with Gasteiger partial charge >= 0.3 is 0 Å². The SMILES string of the molecule is CCCc1oc2ccccc2c1C(=O)Cc1ccc(OC)cc1. The summed E-state index contributed by atoms with van der Waals surface area (Å²) in [5.41, 5.74) is 2.50. The molecular formula is C20H20O3. The van der Waals surface area contributed by atoms with Gasteiger partial charge in [-0.1, -0.05) is 37.3 Å². The zero-order valence-corrected chi connectivity index (χ0v) is 13.5. The van der Waals surface area contributed by atoms with Gasteiger partial charge in [0.1, 0.15) is 17.1 Å². The molecule has 0 bridgehead atoms. The van der Waals surface area contributed by atoms with Gasteiger partial charge in [0.05, 0.1) is 12.7 Å². The van der Waals surface area contributed by atoms with Crippen LogP contribution in [0.1, 0.15) is 35.0 Å². The summed E-state index contributed by atoms with van der Waals surface area (Å²) >= 11 is 0. The van der Waals surface area contributed by atoms with Crippen molar-refractivity contribution in [2.45, 2.75) is 26.2 Å². The van der Waals surface area contributed by atoms with Crippen LogP contribution in [-0.2, 0) is 12.8 Å². The van der Waals surface area contributed by atoms with Crippen LogP contribution in [0.25, 0.3) is 11.0 Å². The van der Waals surface area contributed by atoms with E-state index in [1.165, 1.54) is 0 Å². The Morgan fingerprint density at radius 3 is 2.52 bits per heavy atom. The lowest BCUT2D eigenvalue weighted by Gasteiger charge is -2.04. The quantitative estimate of drug-likeness (QED) is 0.613. The van der Waals surface area contributed by atoms with Crippen molar-refractivity contribution in [2.75, 3.05) is 7.11 Å². The van der Waals surface area contributed by atoms with Crippen molar-refractivity contribution in [1.82, 2.24) is 0 Å². The minimum absolute atomic E-state index is 0.101. The molecule has 0 atom stereocenters. The van der Waals surface area contributed by atoms with E-state index in [-0.39, 0.29) is 5.78 Å². The molecule has 0 unspecified atom stereocenters. The zero-order valence-electron chi connectivity index (χ0n) is 13.5. The van der Waals surface area contributed by atoms with Gasteiger partial charge in [-0.3, -0.25) is 4.79 Å². The predicted octanol–water partition coefficient (Wildman–Crippen LogP) is 4.82. The molecule has 2 aromatic carbocycles. The number of rotatable bonds is 6. The molecule has 1 aromatic heterocycles. The maximum Gasteiger partial charge on any atom is 0.171 e. The number of methoxy groups -OCH3 is 1. The molecule has 0 aliphatic rings. The van der Waals surface area contributed by atoms with Gasteiger partial charge in [0, 0.05) is 18.2 Å². The number of hydrogen-bond acceptors (Lipinski definition) is 3. The third kappa shape index (κ3) is 3.14. The van der Waals surface area contributed by atoms with Gasteiger partial charge in [0.25, 0.3) is 0 Å². The van der Waals surface area contributed by atoms with Crippen LogP contribution >= 0.6 is 0 Å². The molecule has 0 radical (unpaired) electrons. The normalized spacial score (nSPS) is 10.9. The maximum absolute atomic E-state index is 12.8. The lowest BCUT2D eigenvalue weighted by atomic mass is 9.99. The highest BCUT2D eigenvalue weighted by atomic mass is 16.5. The number of hydrogen-bond donors (Lipinski definition) is 0. The third-order valence-corrected chi connectivity index (χ3v) is 3.95. The Morgan fingerprint density at radius 2 is 1.83 bits per heavy atom. The number of ether oxygens (including phenoxy) is 1. The average molecular weight is 308 g/mol. The molecule has 0 saturated heterocycles. The van der Waals surface area contributed by atoms with E-state index in [4.69, 9.17) is 9.15 Å².